The maximum absolute atomic E-state index is 11.6. The van der Waals surface area contributed by atoms with Crippen LogP contribution in [0.15, 0.2) is 28.1 Å². The van der Waals surface area contributed by atoms with Crippen molar-refractivity contribution in [2.24, 2.45) is 4.99 Å². The summed E-state index contributed by atoms with van der Waals surface area (Å²) in [5.74, 6) is 0.453. The smallest absolute Gasteiger partial charge is 0.235 e. The van der Waals surface area contributed by atoms with Gasteiger partial charge in [-0.15, -0.1) is 0 Å². The summed E-state index contributed by atoms with van der Waals surface area (Å²) >= 11 is 0. The molecule has 0 heterocycles. The highest BCUT2D eigenvalue weighted by Crippen LogP contribution is 2.46. The molecule has 0 aromatic heterocycles. The Morgan fingerprint density at radius 3 is 2.45 bits per heavy atom. The quantitative estimate of drug-likeness (QED) is 0.630. The van der Waals surface area contributed by atoms with E-state index < -0.39 is 15.4 Å². The monoisotopic (exact) mass is 295 g/mol. The molecular formula is C14H17NO4S. The minimum absolute atomic E-state index is 0.196. The van der Waals surface area contributed by atoms with E-state index in [0.717, 1.165) is 37.5 Å². The molecule has 0 bridgehead atoms. The number of benzene rings is 1. The standard InChI is InChI=1S/C14H17NO4S/c1-19-13-9-11(20(2,17)18)5-6-12(13)14(15-10-16)7-3-4-8-14/h5-6,9H,3-4,7-8H2,1-2H3. The maximum Gasteiger partial charge on any atom is 0.235 e. The van der Waals surface area contributed by atoms with E-state index in [1.807, 2.05) is 0 Å². The molecule has 1 aromatic rings. The van der Waals surface area contributed by atoms with Crippen LogP contribution in [0.1, 0.15) is 31.2 Å². The molecule has 1 fully saturated rings. The lowest BCUT2D eigenvalue weighted by Crippen LogP contribution is -2.20. The highest BCUT2D eigenvalue weighted by molar-refractivity contribution is 7.90. The molecule has 0 saturated heterocycles. The molecule has 5 nitrogen and oxygen atoms in total. The van der Waals surface area contributed by atoms with Crippen LogP contribution in [0.2, 0.25) is 0 Å². The third-order valence-electron chi connectivity index (χ3n) is 3.79. The number of sulfone groups is 1. The first-order valence-corrected chi connectivity index (χ1v) is 8.30. The van der Waals surface area contributed by atoms with Crippen LogP contribution in [-0.4, -0.2) is 27.9 Å². The molecule has 0 radical (unpaired) electrons. The van der Waals surface area contributed by atoms with Crippen LogP contribution in [0.25, 0.3) is 0 Å². The number of rotatable bonds is 4. The molecule has 0 atom stereocenters. The van der Waals surface area contributed by atoms with E-state index >= 15 is 0 Å². The number of ether oxygens (including phenoxy) is 1. The van der Waals surface area contributed by atoms with Crippen molar-refractivity contribution in [1.82, 2.24) is 0 Å². The average Bonchev–Trinajstić information content (AvgIpc) is 2.87. The second-order valence-corrected chi connectivity index (χ2v) is 7.09. The molecule has 108 valence electrons. The topological polar surface area (TPSA) is 72.8 Å². The van der Waals surface area contributed by atoms with Gasteiger partial charge in [-0.05, 0) is 25.0 Å². The van der Waals surface area contributed by atoms with Gasteiger partial charge in [-0.3, -0.25) is 0 Å². The van der Waals surface area contributed by atoms with Crippen molar-refractivity contribution < 1.29 is 17.9 Å². The Labute approximate surface area is 118 Å². The fourth-order valence-corrected chi connectivity index (χ4v) is 3.41. The minimum atomic E-state index is -3.30. The first kappa shape index (κ1) is 14.8. The minimum Gasteiger partial charge on any atom is -0.496 e. The SMILES string of the molecule is COc1cc(S(C)(=O)=O)ccc1C1(N=C=O)CCCC1. The molecule has 1 aromatic carbocycles. The summed E-state index contributed by atoms with van der Waals surface area (Å²) < 4.78 is 28.5. The van der Waals surface area contributed by atoms with Crippen LogP contribution in [0.4, 0.5) is 0 Å². The van der Waals surface area contributed by atoms with Crippen molar-refractivity contribution in [3.63, 3.8) is 0 Å². The van der Waals surface area contributed by atoms with E-state index in [0.29, 0.717) is 5.75 Å². The lowest BCUT2D eigenvalue weighted by Gasteiger charge is -2.25. The molecule has 0 amide bonds. The van der Waals surface area contributed by atoms with E-state index in [9.17, 15) is 13.2 Å². The van der Waals surface area contributed by atoms with Gasteiger partial charge in [0.2, 0.25) is 6.08 Å². The van der Waals surface area contributed by atoms with Crippen molar-refractivity contribution in [2.75, 3.05) is 13.4 Å². The van der Waals surface area contributed by atoms with E-state index in [1.54, 1.807) is 12.1 Å². The van der Waals surface area contributed by atoms with Gasteiger partial charge in [-0.25, -0.2) is 13.2 Å². The molecule has 0 N–H and O–H groups in total. The summed E-state index contributed by atoms with van der Waals surface area (Å²) in [6.45, 7) is 0. The van der Waals surface area contributed by atoms with Crippen LogP contribution in [0.3, 0.4) is 0 Å². The van der Waals surface area contributed by atoms with E-state index in [4.69, 9.17) is 4.74 Å². The van der Waals surface area contributed by atoms with Gasteiger partial charge in [0, 0.05) is 11.8 Å². The summed E-state index contributed by atoms with van der Waals surface area (Å²) in [6.07, 6.45) is 6.24. The molecule has 2 rings (SSSR count). The summed E-state index contributed by atoms with van der Waals surface area (Å²) in [5, 5.41) is 0. The number of aliphatic imine (C=N–C) groups is 1. The van der Waals surface area contributed by atoms with Gasteiger partial charge in [0.15, 0.2) is 9.84 Å². The number of isocyanates is 1. The molecule has 1 saturated carbocycles. The Kier molecular flexibility index (Phi) is 3.97. The van der Waals surface area contributed by atoms with E-state index in [1.165, 1.54) is 19.2 Å². The molecule has 1 aliphatic carbocycles. The fraction of sp³-hybridized carbons (Fsp3) is 0.500. The molecule has 6 heteroatoms. The van der Waals surface area contributed by atoms with Gasteiger partial charge in [-0.1, -0.05) is 18.9 Å². The number of hydrogen-bond donors (Lipinski definition) is 0. The number of nitrogens with zero attached hydrogens (tertiary/aromatic N) is 1. The molecule has 0 unspecified atom stereocenters. The van der Waals surface area contributed by atoms with Crippen molar-refractivity contribution in [3.05, 3.63) is 23.8 Å². The van der Waals surface area contributed by atoms with Crippen LogP contribution in [0.5, 0.6) is 5.75 Å². The number of carbonyl (C=O) groups excluding carboxylic acids is 1. The predicted molar refractivity (Wildman–Crippen MR) is 74.4 cm³/mol. The van der Waals surface area contributed by atoms with E-state index in [2.05, 4.69) is 4.99 Å². The van der Waals surface area contributed by atoms with Crippen LogP contribution in [-0.2, 0) is 20.2 Å². The third kappa shape index (κ3) is 2.62. The van der Waals surface area contributed by atoms with Crippen LogP contribution < -0.4 is 4.74 Å². The van der Waals surface area contributed by atoms with Gasteiger partial charge in [0.25, 0.3) is 0 Å². The Bertz CT molecular complexity index is 654. The van der Waals surface area contributed by atoms with Gasteiger partial charge in [-0.2, -0.15) is 4.99 Å². The zero-order chi connectivity index (χ0) is 14.8. The Hall–Kier alpha value is -1.65. The van der Waals surface area contributed by atoms with Crippen molar-refractivity contribution in [2.45, 2.75) is 36.1 Å². The first-order chi connectivity index (χ1) is 9.43. The van der Waals surface area contributed by atoms with E-state index in [-0.39, 0.29) is 4.90 Å². The Morgan fingerprint density at radius 1 is 1.30 bits per heavy atom. The second-order valence-electron chi connectivity index (χ2n) is 5.08. The second kappa shape index (κ2) is 5.38. The fourth-order valence-electron chi connectivity index (χ4n) is 2.78. The Morgan fingerprint density at radius 2 is 1.95 bits per heavy atom. The summed E-state index contributed by atoms with van der Waals surface area (Å²) in [6, 6.07) is 4.72. The number of methoxy groups -OCH3 is 1. The largest absolute Gasteiger partial charge is 0.496 e. The Balaban J connectivity index is 2.59. The third-order valence-corrected chi connectivity index (χ3v) is 4.90. The lowest BCUT2D eigenvalue weighted by atomic mass is 9.88. The first-order valence-electron chi connectivity index (χ1n) is 6.40. The normalized spacial score (nSPS) is 17.5. The summed E-state index contributed by atoms with van der Waals surface area (Å²) in [7, 11) is -1.81. The van der Waals surface area contributed by atoms with Gasteiger partial charge in [0.05, 0.1) is 12.0 Å². The zero-order valence-electron chi connectivity index (χ0n) is 11.5. The molecule has 1 aliphatic rings. The van der Waals surface area contributed by atoms with Crippen LogP contribution >= 0.6 is 0 Å². The number of hydrogen-bond acceptors (Lipinski definition) is 5. The summed E-state index contributed by atoms with van der Waals surface area (Å²) in [5.41, 5.74) is 0.136. The molecule has 0 spiro atoms. The van der Waals surface area contributed by atoms with Gasteiger partial charge in [0.1, 0.15) is 11.3 Å². The molecular weight excluding hydrogens is 278 g/mol. The highest BCUT2D eigenvalue weighted by atomic mass is 32.2. The van der Waals surface area contributed by atoms with Gasteiger partial charge < -0.3 is 4.74 Å². The van der Waals surface area contributed by atoms with Crippen molar-refractivity contribution in [3.8, 4) is 5.75 Å². The summed E-state index contributed by atoms with van der Waals surface area (Å²) in [4.78, 5) is 14.9. The lowest BCUT2D eigenvalue weighted by molar-refractivity contribution is 0.378. The van der Waals surface area contributed by atoms with Crippen LogP contribution in [0, 0.1) is 0 Å². The zero-order valence-corrected chi connectivity index (χ0v) is 12.4. The molecule has 0 aliphatic heterocycles. The predicted octanol–water partition coefficient (Wildman–Crippen LogP) is 2.20. The van der Waals surface area contributed by atoms with Gasteiger partial charge >= 0.3 is 0 Å². The van der Waals surface area contributed by atoms with Crippen molar-refractivity contribution >= 4 is 15.9 Å². The molecule has 20 heavy (non-hydrogen) atoms. The van der Waals surface area contributed by atoms with Crippen molar-refractivity contribution in [1.29, 1.82) is 0 Å². The average molecular weight is 295 g/mol. The maximum atomic E-state index is 11.6. The highest BCUT2D eigenvalue weighted by Gasteiger charge is 2.38.